The van der Waals surface area contributed by atoms with E-state index in [-0.39, 0.29) is 5.84 Å². The molecule has 1 saturated carbocycles. The summed E-state index contributed by atoms with van der Waals surface area (Å²) in [5.74, 6) is 0.475. The molecular weight excluding hydrogens is 246 g/mol. The van der Waals surface area contributed by atoms with Crippen LogP contribution in [0.25, 0.3) is 0 Å². The summed E-state index contributed by atoms with van der Waals surface area (Å²) in [6.07, 6.45) is 2.53. The second-order valence-corrected chi connectivity index (χ2v) is 4.60. The molecule has 1 fully saturated rings. The topological polar surface area (TPSA) is 96.9 Å². The summed E-state index contributed by atoms with van der Waals surface area (Å²) in [7, 11) is 0. The van der Waals surface area contributed by atoms with Crippen molar-refractivity contribution in [2.24, 2.45) is 10.9 Å². The number of amides is 1. The lowest BCUT2D eigenvalue weighted by atomic mass is 9.96. The Labute approximate surface area is 111 Å². The highest BCUT2D eigenvalue weighted by molar-refractivity contribution is 5.93. The van der Waals surface area contributed by atoms with Crippen molar-refractivity contribution >= 4 is 11.9 Å². The van der Waals surface area contributed by atoms with Gasteiger partial charge in [-0.25, -0.2) is 4.79 Å². The molecule has 0 spiro atoms. The van der Waals surface area contributed by atoms with Crippen LogP contribution in [0.5, 0.6) is 5.75 Å². The predicted molar refractivity (Wildman–Crippen MR) is 70.2 cm³/mol. The van der Waals surface area contributed by atoms with Crippen molar-refractivity contribution < 1.29 is 14.7 Å². The third-order valence-corrected chi connectivity index (χ3v) is 3.35. The molecule has 0 unspecified atom stereocenters. The number of carbonyl (C=O) groups is 1. The van der Waals surface area contributed by atoms with Crippen molar-refractivity contribution in [2.75, 3.05) is 0 Å². The van der Waals surface area contributed by atoms with Gasteiger partial charge in [0, 0.05) is 0 Å². The maximum atomic E-state index is 11.9. The SMILES string of the molecule is N/C(=N/O)C1(NC(=O)Oc2ccccc2)CCCC1. The summed E-state index contributed by atoms with van der Waals surface area (Å²) < 4.78 is 5.15. The molecule has 19 heavy (non-hydrogen) atoms. The number of benzene rings is 1. The lowest BCUT2D eigenvalue weighted by molar-refractivity contribution is 0.191. The second kappa shape index (κ2) is 5.60. The Morgan fingerprint density at radius 3 is 2.53 bits per heavy atom. The van der Waals surface area contributed by atoms with E-state index >= 15 is 0 Å². The first kappa shape index (κ1) is 13.2. The Hall–Kier alpha value is -2.24. The van der Waals surface area contributed by atoms with E-state index < -0.39 is 11.6 Å². The van der Waals surface area contributed by atoms with Crippen LogP contribution in [0.3, 0.4) is 0 Å². The summed E-state index contributed by atoms with van der Waals surface area (Å²) in [4.78, 5) is 11.9. The summed E-state index contributed by atoms with van der Waals surface area (Å²) in [5, 5.41) is 14.6. The molecule has 0 saturated heterocycles. The van der Waals surface area contributed by atoms with Gasteiger partial charge in [0.25, 0.3) is 0 Å². The zero-order chi connectivity index (χ0) is 13.7. The Kier molecular flexibility index (Phi) is 3.89. The molecule has 1 aliphatic rings. The first-order chi connectivity index (χ1) is 9.16. The lowest BCUT2D eigenvalue weighted by Crippen LogP contribution is -2.56. The van der Waals surface area contributed by atoms with Crippen LogP contribution in [-0.2, 0) is 0 Å². The van der Waals surface area contributed by atoms with E-state index in [0.717, 1.165) is 12.8 Å². The number of hydrogen-bond acceptors (Lipinski definition) is 4. The van der Waals surface area contributed by atoms with Crippen molar-refractivity contribution in [3.63, 3.8) is 0 Å². The van der Waals surface area contributed by atoms with Gasteiger partial charge in [-0.3, -0.25) is 0 Å². The van der Waals surface area contributed by atoms with Crippen LogP contribution in [0.1, 0.15) is 25.7 Å². The van der Waals surface area contributed by atoms with E-state index in [2.05, 4.69) is 10.5 Å². The third kappa shape index (κ3) is 2.96. The molecule has 0 atom stereocenters. The summed E-state index contributed by atoms with van der Waals surface area (Å²) in [5.41, 5.74) is 4.89. The first-order valence-corrected chi connectivity index (χ1v) is 6.19. The minimum atomic E-state index is -0.791. The number of nitrogens with one attached hydrogen (secondary N) is 1. The van der Waals surface area contributed by atoms with Crippen LogP contribution in [-0.4, -0.2) is 22.7 Å². The quantitative estimate of drug-likeness (QED) is 0.335. The Morgan fingerprint density at radius 1 is 1.32 bits per heavy atom. The number of oxime groups is 1. The number of rotatable bonds is 3. The summed E-state index contributed by atoms with van der Waals surface area (Å²) in [6, 6.07) is 8.75. The fourth-order valence-corrected chi connectivity index (χ4v) is 2.34. The maximum Gasteiger partial charge on any atom is 0.413 e. The molecule has 1 aromatic rings. The molecule has 0 bridgehead atoms. The fraction of sp³-hybridized carbons (Fsp3) is 0.385. The molecule has 102 valence electrons. The summed E-state index contributed by atoms with van der Waals surface area (Å²) >= 11 is 0. The van der Waals surface area contributed by atoms with Crippen LogP contribution in [0.2, 0.25) is 0 Å². The fourth-order valence-electron chi connectivity index (χ4n) is 2.34. The van der Waals surface area contributed by atoms with Gasteiger partial charge in [-0.05, 0) is 25.0 Å². The van der Waals surface area contributed by atoms with Crippen molar-refractivity contribution in [1.29, 1.82) is 0 Å². The highest BCUT2D eigenvalue weighted by atomic mass is 16.6. The van der Waals surface area contributed by atoms with E-state index in [9.17, 15) is 4.79 Å². The van der Waals surface area contributed by atoms with Crippen LogP contribution >= 0.6 is 0 Å². The molecular formula is C13H17N3O3. The average Bonchev–Trinajstić information content (AvgIpc) is 2.88. The number of carbonyl (C=O) groups excluding carboxylic acids is 1. The maximum absolute atomic E-state index is 11.9. The monoisotopic (exact) mass is 263 g/mol. The van der Waals surface area contributed by atoms with Gasteiger partial charge in [0.1, 0.15) is 11.3 Å². The number of amidine groups is 1. The van der Waals surface area contributed by atoms with Crippen molar-refractivity contribution in [1.82, 2.24) is 5.32 Å². The molecule has 0 heterocycles. The number of ether oxygens (including phenoxy) is 1. The van der Waals surface area contributed by atoms with Gasteiger partial charge in [0.2, 0.25) is 0 Å². The number of nitrogens with zero attached hydrogens (tertiary/aromatic N) is 1. The Balaban J connectivity index is 2.04. The van der Waals surface area contributed by atoms with E-state index in [4.69, 9.17) is 15.7 Å². The van der Waals surface area contributed by atoms with Gasteiger partial charge in [-0.15, -0.1) is 0 Å². The summed E-state index contributed by atoms with van der Waals surface area (Å²) in [6.45, 7) is 0. The lowest BCUT2D eigenvalue weighted by Gasteiger charge is -2.28. The predicted octanol–water partition coefficient (Wildman–Crippen LogP) is 1.83. The molecule has 4 N–H and O–H groups in total. The molecule has 1 aliphatic carbocycles. The molecule has 1 amide bonds. The van der Waals surface area contributed by atoms with E-state index in [1.807, 2.05) is 6.07 Å². The minimum Gasteiger partial charge on any atom is -0.410 e. The standard InChI is InChI=1S/C13H17N3O3/c14-11(16-18)13(8-4-5-9-13)15-12(17)19-10-6-2-1-3-7-10/h1-3,6-7,18H,4-5,8-9H2,(H2,14,16)(H,15,17). The van der Waals surface area contributed by atoms with E-state index in [0.29, 0.717) is 18.6 Å². The van der Waals surface area contributed by atoms with Gasteiger partial charge < -0.3 is 21.0 Å². The number of para-hydroxylation sites is 1. The zero-order valence-electron chi connectivity index (χ0n) is 10.5. The van der Waals surface area contributed by atoms with Gasteiger partial charge in [-0.1, -0.05) is 36.2 Å². The zero-order valence-corrected chi connectivity index (χ0v) is 10.5. The van der Waals surface area contributed by atoms with Crippen LogP contribution in [0.15, 0.2) is 35.5 Å². The highest BCUT2D eigenvalue weighted by Crippen LogP contribution is 2.30. The first-order valence-electron chi connectivity index (χ1n) is 6.19. The van der Waals surface area contributed by atoms with Crippen LogP contribution < -0.4 is 15.8 Å². The molecule has 6 heteroatoms. The molecule has 0 aliphatic heterocycles. The van der Waals surface area contributed by atoms with Gasteiger partial charge >= 0.3 is 6.09 Å². The molecule has 2 rings (SSSR count). The average molecular weight is 263 g/mol. The van der Waals surface area contributed by atoms with Gasteiger partial charge in [0.05, 0.1) is 0 Å². The molecule has 0 aromatic heterocycles. The number of nitrogens with two attached hydrogens (primary N) is 1. The molecule has 0 radical (unpaired) electrons. The minimum absolute atomic E-state index is 0.0232. The van der Waals surface area contributed by atoms with Crippen molar-refractivity contribution in [2.45, 2.75) is 31.2 Å². The second-order valence-electron chi connectivity index (χ2n) is 4.60. The van der Waals surface area contributed by atoms with Crippen LogP contribution in [0, 0.1) is 0 Å². The third-order valence-electron chi connectivity index (χ3n) is 3.35. The van der Waals surface area contributed by atoms with Gasteiger partial charge in [0.15, 0.2) is 5.84 Å². The smallest absolute Gasteiger partial charge is 0.410 e. The highest BCUT2D eigenvalue weighted by Gasteiger charge is 2.40. The van der Waals surface area contributed by atoms with Gasteiger partial charge in [-0.2, -0.15) is 0 Å². The normalized spacial score (nSPS) is 18.0. The van der Waals surface area contributed by atoms with E-state index in [1.54, 1.807) is 24.3 Å². The Bertz CT molecular complexity index is 467. The van der Waals surface area contributed by atoms with Crippen molar-refractivity contribution in [3.8, 4) is 5.75 Å². The largest absolute Gasteiger partial charge is 0.413 e. The van der Waals surface area contributed by atoms with Crippen LogP contribution in [0.4, 0.5) is 4.79 Å². The number of hydrogen-bond donors (Lipinski definition) is 3. The molecule has 1 aromatic carbocycles. The molecule has 6 nitrogen and oxygen atoms in total. The van der Waals surface area contributed by atoms with E-state index in [1.165, 1.54) is 0 Å². The Morgan fingerprint density at radius 2 is 1.95 bits per heavy atom. The van der Waals surface area contributed by atoms with Crippen molar-refractivity contribution in [3.05, 3.63) is 30.3 Å².